The van der Waals surface area contributed by atoms with Crippen molar-refractivity contribution in [3.63, 3.8) is 0 Å². The Morgan fingerprint density at radius 3 is 2.83 bits per heavy atom. The summed E-state index contributed by atoms with van der Waals surface area (Å²) in [6.07, 6.45) is 3.63. The van der Waals surface area contributed by atoms with Crippen LogP contribution in [0.3, 0.4) is 0 Å². The van der Waals surface area contributed by atoms with Gasteiger partial charge in [-0.2, -0.15) is 10.2 Å². The summed E-state index contributed by atoms with van der Waals surface area (Å²) < 4.78 is 1.77. The Balaban J connectivity index is 2.08. The maximum atomic E-state index is 12.1. The molecule has 0 fully saturated rings. The molecule has 1 aromatic heterocycles. The van der Waals surface area contributed by atoms with E-state index in [0.29, 0.717) is 10.7 Å². The lowest BCUT2D eigenvalue weighted by Gasteiger charge is -2.03. The molecule has 0 aliphatic heterocycles. The fraction of sp³-hybridized carbons (Fsp3) is 0.353. The van der Waals surface area contributed by atoms with Crippen molar-refractivity contribution < 1.29 is 4.79 Å². The summed E-state index contributed by atoms with van der Waals surface area (Å²) in [4.78, 5) is 12.1. The van der Waals surface area contributed by atoms with Crippen molar-refractivity contribution >= 4 is 23.7 Å². The van der Waals surface area contributed by atoms with E-state index in [2.05, 4.69) is 22.5 Å². The molecule has 0 saturated heterocycles. The molecule has 2 rings (SSSR count). The second-order valence-corrected chi connectivity index (χ2v) is 5.74. The van der Waals surface area contributed by atoms with Gasteiger partial charge in [0.05, 0.1) is 17.5 Å². The molecule has 1 N–H and O–H groups in total. The molecule has 23 heavy (non-hydrogen) atoms. The highest BCUT2D eigenvalue weighted by Crippen LogP contribution is 2.18. The van der Waals surface area contributed by atoms with Crippen molar-refractivity contribution in [2.75, 3.05) is 0 Å². The average molecular weight is 333 g/mol. The van der Waals surface area contributed by atoms with Gasteiger partial charge in [0.25, 0.3) is 5.91 Å². The van der Waals surface area contributed by atoms with E-state index in [1.165, 1.54) is 0 Å². The first-order valence-electron chi connectivity index (χ1n) is 7.66. The van der Waals surface area contributed by atoms with Gasteiger partial charge in [0, 0.05) is 12.1 Å². The molecule has 5 nitrogen and oxygen atoms in total. The maximum absolute atomic E-state index is 12.1. The number of aromatic nitrogens is 2. The normalized spacial score (nSPS) is 11.1. The number of nitrogens with zero attached hydrogens (tertiary/aromatic N) is 3. The van der Waals surface area contributed by atoms with Crippen LogP contribution in [-0.4, -0.2) is 21.9 Å². The Morgan fingerprint density at radius 1 is 1.39 bits per heavy atom. The smallest absolute Gasteiger partial charge is 0.267 e. The van der Waals surface area contributed by atoms with Gasteiger partial charge in [-0.3, -0.25) is 9.48 Å². The number of rotatable bonds is 6. The van der Waals surface area contributed by atoms with Crippen LogP contribution in [0, 0.1) is 13.8 Å². The molecule has 1 aromatic carbocycles. The molecule has 0 bridgehead atoms. The predicted octanol–water partition coefficient (Wildman–Crippen LogP) is 3.72. The van der Waals surface area contributed by atoms with Crippen LogP contribution in [0.25, 0.3) is 0 Å². The molecule has 0 atom stereocenters. The number of nitrogens with one attached hydrogen (secondary N) is 1. The predicted molar refractivity (Wildman–Crippen MR) is 93.1 cm³/mol. The number of carbonyl (C=O) groups is 1. The third-order valence-corrected chi connectivity index (χ3v) is 3.98. The van der Waals surface area contributed by atoms with Crippen molar-refractivity contribution in [2.24, 2.45) is 5.10 Å². The lowest BCUT2D eigenvalue weighted by atomic mass is 10.1. The zero-order chi connectivity index (χ0) is 16.8. The highest BCUT2D eigenvalue weighted by atomic mass is 35.5. The van der Waals surface area contributed by atoms with E-state index in [-0.39, 0.29) is 5.91 Å². The number of aryl methyl sites for hydroxylation is 3. The van der Waals surface area contributed by atoms with Crippen LogP contribution in [0.2, 0.25) is 5.15 Å². The second kappa shape index (κ2) is 7.92. The van der Waals surface area contributed by atoms with Gasteiger partial charge >= 0.3 is 0 Å². The van der Waals surface area contributed by atoms with E-state index in [0.717, 1.165) is 36.2 Å². The first kappa shape index (κ1) is 17.2. The Kier molecular flexibility index (Phi) is 5.93. The van der Waals surface area contributed by atoms with E-state index in [4.69, 9.17) is 11.6 Å². The Labute approximate surface area is 141 Å². The van der Waals surface area contributed by atoms with E-state index < -0.39 is 0 Å². The number of hydrazone groups is 1. The number of hydrogen-bond acceptors (Lipinski definition) is 3. The minimum absolute atomic E-state index is 0.244. The minimum atomic E-state index is -0.244. The number of amides is 1. The van der Waals surface area contributed by atoms with E-state index in [9.17, 15) is 4.79 Å². The van der Waals surface area contributed by atoms with Crippen LogP contribution in [0.5, 0.6) is 0 Å². The van der Waals surface area contributed by atoms with E-state index in [1.54, 1.807) is 17.0 Å². The van der Waals surface area contributed by atoms with Crippen molar-refractivity contribution in [3.05, 3.63) is 51.8 Å². The van der Waals surface area contributed by atoms with Gasteiger partial charge < -0.3 is 0 Å². The van der Waals surface area contributed by atoms with Crippen LogP contribution in [0.1, 0.15) is 46.9 Å². The molecular formula is C17H21ClN4O. The summed E-state index contributed by atoms with van der Waals surface area (Å²) in [5.74, 6) is -0.244. The van der Waals surface area contributed by atoms with Crippen molar-refractivity contribution in [3.8, 4) is 0 Å². The summed E-state index contributed by atoms with van der Waals surface area (Å²) >= 11 is 6.32. The van der Waals surface area contributed by atoms with Gasteiger partial charge in [-0.05, 0) is 31.9 Å². The Morgan fingerprint density at radius 2 is 2.13 bits per heavy atom. The first-order chi connectivity index (χ1) is 11.0. The summed E-state index contributed by atoms with van der Waals surface area (Å²) in [5, 5.41) is 8.96. The number of benzene rings is 1. The van der Waals surface area contributed by atoms with Crippen molar-refractivity contribution in [1.29, 1.82) is 0 Å². The maximum Gasteiger partial charge on any atom is 0.271 e. The van der Waals surface area contributed by atoms with Gasteiger partial charge in [-0.25, -0.2) is 5.43 Å². The van der Waals surface area contributed by atoms with Crippen LogP contribution in [0.4, 0.5) is 0 Å². The molecule has 0 radical (unpaired) electrons. The fourth-order valence-electron chi connectivity index (χ4n) is 2.21. The zero-order valence-corrected chi connectivity index (χ0v) is 14.4. The largest absolute Gasteiger partial charge is 0.271 e. The third kappa shape index (κ3) is 4.20. The molecule has 0 spiro atoms. The van der Waals surface area contributed by atoms with E-state index in [1.807, 2.05) is 32.0 Å². The summed E-state index contributed by atoms with van der Waals surface area (Å²) in [6.45, 7) is 6.66. The number of halogens is 1. The van der Waals surface area contributed by atoms with Crippen LogP contribution in [0.15, 0.2) is 29.4 Å². The Bertz CT molecular complexity index is 721. The molecule has 0 aliphatic carbocycles. The molecule has 0 saturated carbocycles. The Hall–Kier alpha value is -2.14. The van der Waals surface area contributed by atoms with Gasteiger partial charge in [-0.1, -0.05) is 43.1 Å². The topological polar surface area (TPSA) is 59.3 Å². The zero-order valence-electron chi connectivity index (χ0n) is 13.6. The van der Waals surface area contributed by atoms with Crippen LogP contribution >= 0.6 is 11.6 Å². The molecule has 0 unspecified atom stereocenters. The monoisotopic (exact) mass is 332 g/mol. The standard InChI is InChI=1S/C17H21ClN4O/c1-4-5-10-22-16(18)15(13(3)21-22)11-19-20-17(23)14-9-7-6-8-12(14)2/h6-9,11H,4-5,10H2,1-3H3,(H,20,23)/b19-11-. The summed E-state index contributed by atoms with van der Waals surface area (Å²) in [7, 11) is 0. The molecule has 122 valence electrons. The van der Waals surface area contributed by atoms with Gasteiger partial charge in [0.15, 0.2) is 0 Å². The lowest BCUT2D eigenvalue weighted by molar-refractivity contribution is 0.0954. The molecule has 2 aromatic rings. The summed E-state index contributed by atoms with van der Waals surface area (Å²) in [5.41, 5.74) is 5.56. The van der Waals surface area contributed by atoms with Crippen molar-refractivity contribution in [2.45, 2.75) is 40.2 Å². The van der Waals surface area contributed by atoms with Crippen LogP contribution in [-0.2, 0) is 6.54 Å². The fourth-order valence-corrected chi connectivity index (χ4v) is 2.52. The van der Waals surface area contributed by atoms with Gasteiger partial charge in [-0.15, -0.1) is 0 Å². The highest BCUT2D eigenvalue weighted by Gasteiger charge is 2.12. The third-order valence-electron chi connectivity index (χ3n) is 3.58. The molecule has 6 heteroatoms. The van der Waals surface area contributed by atoms with Crippen molar-refractivity contribution in [1.82, 2.24) is 15.2 Å². The molecule has 0 aliphatic rings. The first-order valence-corrected chi connectivity index (χ1v) is 8.04. The second-order valence-electron chi connectivity index (χ2n) is 5.38. The van der Waals surface area contributed by atoms with Crippen LogP contribution < -0.4 is 5.43 Å². The molecule has 1 heterocycles. The molecular weight excluding hydrogens is 312 g/mol. The summed E-state index contributed by atoms with van der Waals surface area (Å²) in [6, 6.07) is 7.37. The SMILES string of the molecule is CCCCn1nc(C)c(/C=N\NC(=O)c2ccccc2C)c1Cl. The highest BCUT2D eigenvalue weighted by molar-refractivity contribution is 6.32. The number of unbranched alkanes of at least 4 members (excludes halogenated alkanes) is 1. The lowest BCUT2D eigenvalue weighted by Crippen LogP contribution is -2.18. The number of carbonyl (C=O) groups excluding carboxylic acids is 1. The average Bonchev–Trinajstić information content (AvgIpc) is 2.80. The van der Waals surface area contributed by atoms with Gasteiger partial charge in [0.1, 0.15) is 5.15 Å². The minimum Gasteiger partial charge on any atom is -0.267 e. The number of hydrogen-bond donors (Lipinski definition) is 1. The van der Waals surface area contributed by atoms with Gasteiger partial charge in [0.2, 0.25) is 0 Å². The molecule has 1 amide bonds. The van der Waals surface area contributed by atoms with E-state index >= 15 is 0 Å². The quantitative estimate of drug-likeness (QED) is 0.647.